The third kappa shape index (κ3) is 5.84. The molecule has 7 nitrogen and oxygen atoms in total. The first-order valence-electron chi connectivity index (χ1n) is 10.6. The second-order valence-corrected chi connectivity index (χ2v) is 9.83. The topological polar surface area (TPSA) is 95.9 Å². The minimum absolute atomic E-state index is 0.0278. The highest BCUT2D eigenvalue weighted by atomic mass is 32.2. The lowest BCUT2D eigenvalue weighted by Gasteiger charge is -2.33. The fourth-order valence-electron chi connectivity index (χ4n) is 4.18. The van der Waals surface area contributed by atoms with Gasteiger partial charge in [-0.3, -0.25) is 10.0 Å². The lowest BCUT2D eigenvalue weighted by molar-refractivity contribution is -0.134. The molecule has 2 N–H and O–H groups in total. The summed E-state index contributed by atoms with van der Waals surface area (Å²) in [5.74, 6) is 0.0689. The van der Waals surface area contributed by atoms with Crippen molar-refractivity contribution in [2.24, 2.45) is 5.92 Å². The van der Waals surface area contributed by atoms with E-state index in [-0.39, 0.29) is 17.4 Å². The summed E-state index contributed by atoms with van der Waals surface area (Å²) in [5, 5.41) is 9.42. The first-order chi connectivity index (χ1) is 15.0. The molecule has 0 bridgehead atoms. The number of hydroxylamine groups is 1. The van der Waals surface area contributed by atoms with E-state index in [9.17, 15) is 18.4 Å². The van der Waals surface area contributed by atoms with Crippen molar-refractivity contribution in [2.45, 2.75) is 56.0 Å². The smallest absolute Gasteiger partial charge is 0.261 e. The molecule has 0 heterocycles. The molecule has 3 rings (SSSR count). The fraction of sp³-hybridized carbons (Fsp3) is 0.435. The van der Waals surface area contributed by atoms with Gasteiger partial charge in [0.25, 0.3) is 5.91 Å². The summed E-state index contributed by atoms with van der Waals surface area (Å²) in [4.78, 5) is 12.8. The molecule has 0 radical (unpaired) electrons. The van der Waals surface area contributed by atoms with Gasteiger partial charge in [-0.2, -0.15) is 4.31 Å². The number of amides is 1. The Hall–Kier alpha value is -2.42. The summed E-state index contributed by atoms with van der Waals surface area (Å²) in [5.41, 5.74) is 2.46. The van der Waals surface area contributed by atoms with Gasteiger partial charge in [-0.15, -0.1) is 0 Å². The zero-order chi connectivity index (χ0) is 22.3. The van der Waals surface area contributed by atoms with Crippen LogP contribution in [-0.4, -0.2) is 37.0 Å². The van der Waals surface area contributed by atoms with Crippen molar-refractivity contribution in [1.29, 1.82) is 0 Å². The predicted molar refractivity (Wildman–Crippen MR) is 117 cm³/mol. The largest absolute Gasteiger partial charge is 0.497 e. The minimum atomic E-state index is -4.02. The van der Waals surface area contributed by atoms with Gasteiger partial charge in [-0.05, 0) is 42.2 Å². The van der Waals surface area contributed by atoms with E-state index in [1.165, 1.54) is 23.5 Å². The molecule has 1 fully saturated rings. The fourth-order valence-corrected chi connectivity index (χ4v) is 5.76. The molecular weight excluding hydrogens is 416 g/mol. The molecule has 2 aromatic rings. The number of carbonyl (C=O) groups excluding carboxylic acids is 1. The van der Waals surface area contributed by atoms with Crippen LogP contribution in [0.5, 0.6) is 5.75 Å². The van der Waals surface area contributed by atoms with E-state index < -0.39 is 22.0 Å². The SMILES string of the molecule is COc1ccc(S(=O)(=O)N(Cc2ccccc2)[C@H](CC2CCCCC2)C(=O)NO)cc1. The molecule has 1 saturated carbocycles. The van der Waals surface area contributed by atoms with E-state index in [4.69, 9.17) is 4.74 Å². The van der Waals surface area contributed by atoms with Crippen LogP contribution >= 0.6 is 0 Å². The number of carbonyl (C=O) groups is 1. The molecule has 1 aliphatic rings. The number of benzene rings is 2. The molecule has 8 heteroatoms. The van der Waals surface area contributed by atoms with Crippen LogP contribution in [0.3, 0.4) is 0 Å². The third-order valence-electron chi connectivity index (χ3n) is 5.89. The molecule has 0 unspecified atom stereocenters. The Morgan fingerprint density at radius 1 is 1.10 bits per heavy atom. The summed E-state index contributed by atoms with van der Waals surface area (Å²) in [6.07, 6.45) is 5.58. The average molecular weight is 447 g/mol. The van der Waals surface area contributed by atoms with Crippen LogP contribution in [0.4, 0.5) is 0 Å². The predicted octanol–water partition coefficient (Wildman–Crippen LogP) is 3.73. The van der Waals surface area contributed by atoms with Crippen LogP contribution in [-0.2, 0) is 21.4 Å². The summed E-state index contributed by atoms with van der Waals surface area (Å²) >= 11 is 0. The quantitative estimate of drug-likeness (QED) is 0.452. The molecular formula is C23H30N2O5S. The third-order valence-corrected chi connectivity index (χ3v) is 7.76. The van der Waals surface area contributed by atoms with E-state index in [0.717, 1.165) is 37.7 Å². The number of rotatable bonds is 9. The number of nitrogens with zero attached hydrogens (tertiary/aromatic N) is 1. The first-order valence-corrected chi connectivity index (χ1v) is 12.0. The number of nitrogens with one attached hydrogen (secondary N) is 1. The van der Waals surface area contributed by atoms with Gasteiger partial charge < -0.3 is 4.74 Å². The van der Waals surface area contributed by atoms with E-state index >= 15 is 0 Å². The van der Waals surface area contributed by atoms with E-state index in [2.05, 4.69) is 0 Å². The Bertz CT molecular complexity index is 942. The van der Waals surface area contributed by atoms with Crippen molar-refractivity contribution >= 4 is 15.9 Å². The molecule has 1 amide bonds. The zero-order valence-electron chi connectivity index (χ0n) is 17.7. The second kappa shape index (κ2) is 10.7. The van der Waals surface area contributed by atoms with Crippen LogP contribution in [0.1, 0.15) is 44.1 Å². The molecule has 31 heavy (non-hydrogen) atoms. The molecule has 0 spiro atoms. The van der Waals surface area contributed by atoms with E-state index in [1.54, 1.807) is 17.6 Å². The highest BCUT2D eigenvalue weighted by Crippen LogP contribution is 2.31. The number of ether oxygens (including phenoxy) is 1. The van der Waals surface area contributed by atoms with E-state index in [1.807, 2.05) is 30.3 Å². The highest BCUT2D eigenvalue weighted by Gasteiger charge is 2.37. The maximum atomic E-state index is 13.7. The molecule has 0 aromatic heterocycles. The second-order valence-electron chi connectivity index (χ2n) is 7.94. The lowest BCUT2D eigenvalue weighted by atomic mass is 9.84. The normalized spacial score (nSPS) is 16.1. The Morgan fingerprint density at radius 2 is 1.74 bits per heavy atom. The van der Waals surface area contributed by atoms with Crippen molar-refractivity contribution in [3.63, 3.8) is 0 Å². The van der Waals surface area contributed by atoms with Crippen molar-refractivity contribution in [3.05, 3.63) is 60.2 Å². The van der Waals surface area contributed by atoms with Gasteiger partial charge in [-0.1, -0.05) is 62.4 Å². The van der Waals surface area contributed by atoms with Gasteiger partial charge >= 0.3 is 0 Å². The van der Waals surface area contributed by atoms with Gasteiger partial charge in [0.15, 0.2) is 0 Å². The Kier molecular flexibility index (Phi) is 8.06. The van der Waals surface area contributed by atoms with Gasteiger partial charge in [0, 0.05) is 6.54 Å². The van der Waals surface area contributed by atoms with Gasteiger partial charge in [0.2, 0.25) is 10.0 Å². The lowest BCUT2D eigenvalue weighted by Crippen LogP contribution is -2.49. The molecule has 168 valence electrons. The summed E-state index contributed by atoms with van der Waals surface area (Å²) < 4.78 is 33.7. The highest BCUT2D eigenvalue weighted by molar-refractivity contribution is 7.89. The van der Waals surface area contributed by atoms with Crippen molar-refractivity contribution < 1.29 is 23.2 Å². The van der Waals surface area contributed by atoms with Crippen LogP contribution in [0, 0.1) is 5.92 Å². The van der Waals surface area contributed by atoms with Crippen LogP contribution in [0.25, 0.3) is 0 Å². The molecule has 0 saturated heterocycles. The number of hydrogen-bond donors (Lipinski definition) is 2. The summed E-state index contributed by atoms with van der Waals surface area (Å²) in [6, 6.07) is 14.3. The molecule has 2 aromatic carbocycles. The number of sulfonamides is 1. The van der Waals surface area contributed by atoms with Crippen LogP contribution in [0.15, 0.2) is 59.5 Å². The molecule has 0 aliphatic heterocycles. The summed E-state index contributed by atoms with van der Waals surface area (Å²) in [6.45, 7) is 0.0278. The number of methoxy groups -OCH3 is 1. The maximum absolute atomic E-state index is 13.7. The van der Waals surface area contributed by atoms with Gasteiger partial charge in [0.1, 0.15) is 11.8 Å². The zero-order valence-corrected chi connectivity index (χ0v) is 18.6. The maximum Gasteiger partial charge on any atom is 0.261 e. The van der Waals surface area contributed by atoms with Crippen molar-refractivity contribution in [3.8, 4) is 5.75 Å². The van der Waals surface area contributed by atoms with Crippen LogP contribution in [0.2, 0.25) is 0 Å². The Morgan fingerprint density at radius 3 is 2.32 bits per heavy atom. The van der Waals surface area contributed by atoms with Crippen molar-refractivity contribution in [2.75, 3.05) is 7.11 Å². The number of hydrogen-bond acceptors (Lipinski definition) is 5. The standard InChI is InChI=1S/C23H30N2O5S/c1-30-20-12-14-21(15-13-20)31(28,29)25(17-19-10-6-3-7-11-19)22(23(26)24-27)16-18-8-4-2-5-9-18/h3,6-7,10-15,18,22,27H,2,4-5,8-9,16-17H2,1H3,(H,24,26)/t22-/m1/s1. The van der Waals surface area contributed by atoms with Gasteiger partial charge in [0.05, 0.1) is 12.0 Å². The summed E-state index contributed by atoms with van der Waals surface area (Å²) in [7, 11) is -2.51. The minimum Gasteiger partial charge on any atom is -0.497 e. The first kappa shape index (κ1) is 23.2. The average Bonchev–Trinajstić information content (AvgIpc) is 2.82. The van der Waals surface area contributed by atoms with Crippen molar-refractivity contribution in [1.82, 2.24) is 9.79 Å². The monoisotopic (exact) mass is 446 g/mol. The Labute approximate surface area is 184 Å². The molecule has 1 aliphatic carbocycles. The van der Waals surface area contributed by atoms with Gasteiger partial charge in [-0.25, -0.2) is 13.9 Å². The van der Waals surface area contributed by atoms with Crippen LogP contribution < -0.4 is 10.2 Å². The molecule has 1 atom stereocenters. The van der Waals surface area contributed by atoms with E-state index in [0.29, 0.717) is 12.2 Å². The Balaban J connectivity index is 2.00.